The molecule has 0 atom stereocenters. The average Bonchev–Trinajstić information content (AvgIpc) is 2.68. The predicted octanol–water partition coefficient (Wildman–Crippen LogP) is 5.03. The molecule has 0 N–H and O–H groups in total. The van der Waals surface area contributed by atoms with Crippen molar-refractivity contribution in [2.24, 2.45) is 0 Å². The van der Waals surface area contributed by atoms with Crippen molar-refractivity contribution in [2.45, 2.75) is 6.18 Å². The van der Waals surface area contributed by atoms with Crippen molar-refractivity contribution in [2.75, 3.05) is 4.31 Å². The number of rotatable bonds is 5. The van der Waals surface area contributed by atoms with E-state index in [2.05, 4.69) is 0 Å². The van der Waals surface area contributed by atoms with Crippen LogP contribution in [0.25, 0.3) is 0 Å². The zero-order chi connectivity index (χ0) is 21.0. The van der Waals surface area contributed by atoms with Crippen LogP contribution in [0.2, 0.25) is 0 Å². The lowest BCUT2D eigenvalue weighted by atomic mass is 10.2. The maximum absolute atomic E-state index is 13.0. The van der Waals surface area contributed by atoms with Gasteiger partial charge in [-0.1, -0.05) is 12.1 Å². The molecule has 9 heteroatoms. The zero-order valence-corrected chi connectivity index (χ0v) is 15.5. The fourth-order valence-electron chi connectivity index (χ4n) is 2.56. The fourth-order valence-corrected chi connectivity index (χ4v) is 3.19. The van der Waals surface area contributed by atoms with E-state index in [1.54, 1.807) is 30.3 Å². The molecule has 0 spiro atoms. The summed E-state index contributed by atoms with van der Waals surface area (Å²) in [6.45, 7) is 0. The Balaban J connectivity index is 1.95. The molecule has 0 aliphatic heterocycles. The Labute approximate surface area is 166 Å². The number of nitriles is 1. The van der Waals surface area contributed by atoms with Gasteiger partial charge in [-0.3, -0.25) is 0 Å². The molecule has 0 radical (unpaired) electrons. The fraction of sp³-hybridized carbons (Fsp3) is 0.0500. The molecule has 0 unspecified atom stereocenters. The lowest BCUT2D eigenvalue weighted by molar-refractivity contribution is -0.137. The SMILES string of the molecule is N#Cc1ccc(Oc2cccc(N(c3cccc(C(F)(F)F)c3)[SH](=O)=O)c2)cc1. The summed E-state index contributed by atoms with van der Waals surface area (Å²) in [5.74, 6) is 0.694. The molecule has 0 aliphatic carbocycles. The molecule has 0 amide bonds. The molecular formula is C20H13F3N2O3S. The second-order valence-electron chi connectivity index (χ2n) is 5.83. The van der Waals surface area contributed by atoms with Gasteiger partial charge in [0.05, 0.1) is 28.6 Å². The number of hydrogen-bond acceptors (Lipinski definition) is 4. The number of alkyl halides is 3. The Kier molecular flexibility index (Phi) is 5.75. The third-order valence-corrected chi connectivity index (χ3v) is 4.65. The van der Waals surface area contributed by atoms with Crippen LogP contribution in [0.4, 0.5) is 24.5 Å². The first-order valence-corrected chi connectivity index (χ1v) is 9.31. The first-order valence-electron chi connectivity index (χ1n) is 8.18. The van der Waals surface area contributed by atoms with Gasteiger partial charge in [0, 0.05) is 6.07 Å². The molecule has 3 aromatic carbocycles. The van der Waals surface area contributed by atoms with Crippen molar-refractivity contribution in [3.63, 3.8) is 0 Å². The maximum atomic E-state index is 13.0. The molecule has 0 bridgehead atoms. The Bertz CT molecular complexity index is 1130. The Morgan fingerprint density at radius 3 is 2.07 bits per heavy atom. The first-order chi connectivity index (χ1) is 13.8. The molecule has 0 aliphatic rings. The average molecular weight is 418 g/mol. The summed E-state index contributed by atoms with van der Waals surface area (Å²) in [5.41, 5.74) is -0.537. The van der Waals surface area contributed by atoms with Gasteiger partial charge in [0.25, 0.3) is 0 Å². The predicted molar refractivity (Wildman–Crippen MR) is 102 cm³/mol. The molecule has 29 heavy (non-hydrogen) atoms. The van der Waals surface area contributed by atoms with Crippen LogP contribution in [-0.2, 0) is 17.1 Å². The van der Waals surface area contributed by atoms with Gasteiger partial charge in [0.15, 0.2) is 0 Å². The summed E-state index contributed by atoms with van der Waals surface area (Å²) in [6, 6.07) is 18.2. The lowest BCUT2D eigenvalue weighted by Gasteiger charge is -2.20. The van der Waals surface area contributed by atoms with Gasteiger partial charge in [-0.15, -0.1) is 0 Å². The maximum Gasteiger partial charge on any atom is 0.416 e. The van der Waals surface area contributed by atoms with Crippen molar-refractivity contribution < 1.29 is 26.3 Å². The van der Waals surface area contributed by atoms with E-state index >= 15 is 0 Å². The van der Waals surface area contributed by atoms with Gasteiger partial charge in [0.2, 0.25) is 10.9 Å². The minimum absolute atomic E-state index is 0.117. The van der Waals surface area contributed by atoms with Gasteiger partial charge >= 0.3 is 6.18 Å². The summed E-state index contributed by atoms with van der Waals surface area (Å²) in [7, 11) is -3.27. The van der Waals surface area contributed by atoms with Crippen molar-refractivity contribution in [1.29, 1.82) is 5.26 Å². The number of thiol groups is 1. The molecule has 3 aromatic rings. The summed E-state index contributed by atoms with van der Waals surface area (Å²) in [5, 5.41) is 8.82. The summed E-state index contributed by atoms with van der Waals surface area (Å²) < 4.78 is 69.0. The molecule has 0 saturated heterocycles. The van der Waals surface area contributed by atoms with Gasteiger partial charge < -0.3 is 4.74 Å². The van der Waals surface area contributed by atoms with Crippen LogP contribution >= 0.6 is 0 Å². The van der Waals surface area contributed by atoms with Crippen molar-refractivity contribution in [1.82, 2.24) is 0 Å². The van der Waals surface area contributed by atoms with E-state index in [0.717, 1.165) is 22.5 Å². The van der Waals surface area contributed by atoms with Crippen LogP contribution in [-0.4, -0.2) is 8.42 Å². The number of hydrogen-bond donors (Lipinski definition) is 1. The number of halogens is 3. The van der Waals surface area contributed by atoms with E-state index in [0.29, 0.717) is 11.3 Å². The molecule has 0 fully saturated rings. The van der Waals surface area contributed by atoms with Crippen LogP contribution in [0, 0.1) is 11.3 Å². The highest BCUT2D eigenvalue weighted by Crippen LogP contribution is 2.35. The second-order valence-corrected chi connectivity index (χ2v) is 6.71. The smallest absolute Gasteiger partial charge is 0.416 e. The molecule has 3 rings (SSSR count). The summed E-state index contributed by atoms with van der Waals surface area (Å²) >= 11 is 0. The standard InChI is InChI=1S/C20H13F3N2O3S/c21-20(22,23)15-3-1-4-16(11-15)25(29(26)27)17-5-2-6-19(12-17)28-18-9-7-14(13-24)8-10-18/h1-12,29H. The number of benzene rings is 3. The molecule has 0 heterocycles. The van der Waals surface area contributed by atoms with Gasteiger partial charge in [-0.25, -0.2) is 12.7 Å². The molecule has 0 aromatic heterocycles. The molecule has 148 valence electrons. The van der Waals surface area contributed by atoms with E-state index < -0.39 is 22.6 Å². The first kappa shape index (κ1) is 20.2. The Morgan fingerprint density at radius 2 is 1.48 bits per heavy atom. The highest BCUT2D eigenvalue weighted by atomic mass is 32.2. The van der Waals surface area contributed by atoms with E-state index in [1.165, 1.54) is 24.3 Å². The summed E-state index contributed by atoms with van der Waals surface area (Å²) in [4.78, 5) is 0. The van der Waals surface area contributed by atoms with Crippen LogP contribution in [0.5, 0.6) is 11.5 Å². The largest absolute Gasteiger partial charge is 0.457 e. The van der Waals surface area contributed by atoms with E-state index in [1.807, 2.05) is 6.07 Å². The number of anilines is 2. The van der Waals surface area contributed by atoms with Gasteiger partial charge in [-0.05, 0) is 54.6 Å². The van der Waals surface area contributed by atoms with Crippen molar-refractivity contribution >= 4 is 22.3 Å². The van der Waals surface area contributed by atoms with Crippen molar-refractivity contribution in [3.05, 3.63) is 83.9 Å². The van der Waals surface area contributed by atoms with Crippen LogP contribution in [0.15, 0.2) is 72.8 Å². The molecular weight excluding hydrogens is 405 g/mol. The summed E-state index contributed by atoms with van der Waals surface area (Å²) in [6.07, 6.45) is -4.60. The van der Waals surface area contributed by atoms with Crippen molar-refractivity contribution in [3.8, 4) is 17.6 Å². The highest BCUT2D eigenvalue weighted by molar-refractivity contribution is 7.74. The van der Waals surface area contributed by atoms with Gasteiger partial charge in [-0.2, -0.15) is 18.4 Å². The zero-order valence-electron chi connectivity index (χ0n) is 14.6. The van der Waals surface area contributed by atoms with Crippen LogP contribution < -0.4 is 9.04 Å². The van der Waals surface area contributed by atoms with E-state index in [-0.39, 0.29) is 17.1 Å². The highest BCUT2D eigenvalue weighted by Gasteiger charge is 2.31. The number of ether oxygens (including phenoxy) is 1. The normalized spacial score (nSPS) is 11.1. The second kappa shape index (κ2) is 8.24. The Hall–Kier alpha value is -3.51. The monoisotopic (exact) mass is 418 g/mol. The molecule has 0 saturated carbocycles. The quantitative estimate of drug-likeness (QED) is 0.590. The van der Waals surface area contributed by atoms with E-state index in [9.17, 15) is 21.6 Å². The topological polar surface area (TPSA) is 70.4 Å². The molecule has 5 nitrogen and oxygen atoms in total. The van der Waals surface area contributed by atoms with E-state index in [4.69, 9.17) is 10.00 Å². The lowest BCUT2D eigenvalue weighted by Crippen LogP contribution is -2.15. The minimum Gasteiger partial charge on any atom is -0.457 e. The van der Waals surface area contributed by atoms with Crippen LogP contribution in [0.1, 0.15) is 11.1 Å². The number of nitrogens with zero attached hydrogens (tertiary/aromatic N) is 2. The minimum atomic E-state index is -4.60. The third-order valence-electron chi connectivity index (χ3n) is 3.86. The van der Waals surface area contributed by atoms with Gasteiger partial charge in [0.1, 0.15) is 11.5 Å². The Morgan fingerprint density at radius 1 is 0.862 bits per heavy atom. The van der Waals surface area contributed by atoms with Crippen LogP contribution in [0.3, 0.4) is 0 Å². The third kappa shape index (κ3) is 4.86.